The summed E-state index contributed by atoms with van der Waals surface area (Å²) in [6.45, 7) is 6.30. The largest absolute Gasteiger partial charge is 0.423 e. The molecule has 3 N–H and O–H groups in total. The van der Waals surface area contributed by atoms with Crippen molar-refractivity contribution in [2.45, 2.75) is 82.1 Å². The molecule has 53 heavy (non-hydrogen) atoms. The highest BCUT2D eigenvalue weighted by molar-refractivity contribution is 5.86. The Bertz CT molecular complexity index is 1910. The molecule has 2 aromatic heterocycles. The van der Waals surface area contributed by atoms with Crippen LogP contribution in [0.15, 0.2) is 87.7 Å². The number of fused-ring (bicyclic) bond motifs is 2. The summed E-state index contributed by atoms with van der Waals surface area (Å²) in [5.74, 6) is 0.198. The summed E-state index contributed by atoms with van der Waals surface area (Å²) in [7, 11) is 0. The van der Waals surface area contributed by atoms with Crippen molar-refractivity contribution in [3.8, 4) is 0 Å². The van der Waals surface area contributed by atoms with Gasteiger partial charge in [-0.2, -0.15) is 9.97 Å². The number of carbonyl (C=O) groups excluding carboxylic acids is 2. The molecule has 0 aliphatic carbocycles. The lowest BCUT2D eigenvalue weighted by Gasteiger charge is -2.34. The molecule has 0 saturated carbocycles. The number of rotatable bonds is 8. The molecule has 5 aromatic rings. The summed E-state index contributed by atoms with van der Waals surface area (Å²) >= 11 is 0. The number of oxazole rings is 2. The van der Waals surface area contributed by atoms with E-state index < -0.39 is 0 Å². The fraction of sp³-hybridized carbons (Fsp3) is 0.463. The number of nitrogens with one attached hydrogen (secondary N) is 3. The smallest absolute Gasteiger partial charge is 0.299 e. The van der Waals surface area contributed by atoms with Gasteiger partial charge in [0.05, 0.1) is 0 Å². The zero-order chi connectivity index (χ0) is 36.0. The van der Waals surface area contributed by atoms with Crippen LogP contribution in [-0.4, -0.2) is 90.1 Å². The molecule has 278 valence electrons. The number of aromatic nitrogens is 2. The second-order valence-corrected chi connectivity index (χ2v) is 14.8. The van der Waals surface area contributed by atoms with Crippen LogP contribution in [0, 0.1) is 0 Å². The average Bonchev–Trinajstić information content (AvgIpc) is 4.03. The van der Waals surface area contributed by atoms with Gasteiger partial charge in [0.1, 0.15) is 23.1 Å². The predicted molar refractivity (Wildman–Crippen MR) is 206 cm³/mol. The second-order valence-electron chi connectivity index (χ2n) is 14.8. The lowest BCUT2D eigenvalue weighted by molar-refractivity contribution is -0.124. The number of carbonyl (C=O) groups is 2. The van der Waals surface area contributed by atoms with Crippen molar-refractivity contribution < 1.29 is 18.4 Å². The molecule has 0 spiro atoms. The van der Waals surface area contributed by atoms with Crippen LogP contribution in [-0.2, 0) is 16.1 Å². The number of anilines is 2. The number of amides is 2. The zero-order valence-corrected chi connectivity index (χ0v) is 30.3. The van der Waals surface area contributed by atoms with E-state index in [0.717, 1.165) is 119 Å². The molecule has 4 fully saturated rings. The van der Waals surface area contributed by atoms with Crippen molar-refractivity contribution >= 4 is 46.0 Å². The van der Waals surface area contributed by atoms with Gasteiger partial charge < -0.3 is 34.6 Å². The monoisotopic (exact) mass is 718 g/mol. The van der Waals surface area contributed by atoms with E-state index in [9.17, 15) is 9.59 Å². The van der Waals surface area contributed by atoms with Crippen LogP contribution in [0.3, 0.4) is 0 Å². The van der Waals surface area contributed by atoms with Crippen molar-refractivity contribution in [3.63, 3.8) is 0 Å². The van der Waals surface area contributed by atoms with Gasteiger partial charge in [-0.15, -0.1) is 0 Å². The molecule has 12 heteroatoms. The Labute approximate surface area is 310 Å². The fourth-order valence-electron chi connectivity index (χ4n) is 8.14. The summed E-state index contributed by atoms with van der Waals surface area (Å²) in [4.78, 5) is 41.6. The molecule has 0 unspecified atom stereocenters. The Hall–Kier alpha value is -4.94. The Morgan fingerprint density at radius 2 is 1.23 bits per heavy atom. The molecule has 0 bridgehead atoms. The summed E-state index contributed by atoms with van der Waals surface area (Å²) < 4.78 is 11.8. The van der Waals surface area contributed by atoms with Gasteiger partial charge in [-0.25, -0.2) is 0 Å². The lowest BCUT2D eigenvalue weighted by Crippen LogP contribution is -2.52. The molecule has 4 aliphatic rings. The quantitative estimate of drug-likeness (QED) is 0.196. The first-order chi connectivity index (χ1) is 26.1. The Morgan fingerprint density at radius 3 is 1.79 bits per heavy atom. The van der Waals surface area contributed by atoms with Crippen LogP contribution < -0.4 is 25.8 Å². The zero-order valence-electron chi connectivity index (χ0n) is 30.3. The predicted octanol–water partition coefficient (Wildman–Crippen LogP) is 5.24. The summed E-state index contributed by atoms with van der Waals surface area (Å²) in [6.07, 6.45) is 7.92. The summed E-state index contributed by atoms with van der Waals surface area (Å²) in [6, 6.07) is 27.2. The molecule has 3 aromatic carbocycles. The molecule has 6 heterocycles. The van der Waals surface area contributed by atoms with Crippen LogP contribution in [0.4, 0.5) is 12.0 Å². The number of piperidine rings is 2. The van der Waals surface area contributed by atoms with Crippen molar-refractivity contribution in [1.29, 1.82) is 0 Å². The Morgan fingerprint density at radius 1 is 0.660 bits per heavy atom. The number of nitrogens with zero attached hydrogens (tertiary/aromatic N) is 5. The van der Waals surface area contributed by atoms with Gasteiger partial charge in [0.2, 0.25) is 11.8 Å². The third-order valence-corrected chi connectivity index (χ3v) is 10.9. The van der Waals surface area contributed by atoms with Gasteiger partial charge in [0.25, 0.3) is 12.0 Å². The Balaban J connectivity index is 0.000000156. The topological polar surface area (TPSA) is 132 Å². The average molecular weight is 719 g/mol. The first kappa shape index (κ1) is 35.1. The molecular formula is C41H50N8O4. The van der Waals surface area contributed by atoms with Gasteiger partial charge in [-0.1, -0.05) is 54.6 Å². The van der Waals surface area contributed by atoms with Crippen LogP contribution >= 0.6 is 0 Å². The normalized spacial score (nSPS) is 23.5. The van der Waals surface area contributed by atoms with Gasteiger partial charge >= 0.3 is 0 Å². The van der Waals surface area contributed by atoms with Crippen LogP contribution in [0.5, 0.6) is 0 Å². The number of para-hydroxylation sites is 4. The van der Waals surface area contributed by atoms with Gasteiger partial charge in [0, 0.05) is 51.4 Å². The van der Waals surface area contributed by atoms with E-state index in [-0.39, 0.29) is 36.0 Å². The molecule has 2 amide bonds. The van der Waals surface area contributed by atoms with Crippen molar-refractivity contribution in [3.05, 3.63) is 84.4 Å². The van der Waals surface area contributed by atoms with Gasteiger partial charge in [0.15, 0.2) is 11.2 Å². The first-order valence-corrected chi connectivity index (χ1v) is 19.4. The molecule has 4 aliphatic heterocycles. The van der Waals surface area contributed by atoms with Crippen molar-refractivity contribution in [2.75, 3.05) is 49.1 Å². The molecule has 12 nitrogen and oxygen atoms in total. The second kappa shape index (κ2) is 16.4. The fourth-order valence-corrected chi connectivity index (χ4v) is 8.14. The van der Waals surface area contributed by atoms with E-state index >= 15 is 0 Å². The maximum atomic E-state index is 13.2. The molecule has 4 saturated heterocycles. The Kier molecular flexibility index (Phi) is 10.9. The van der Waals surface area contributed by atoms with Crippen molar-refractivity contribution in [2.24, 2.45) is 0 Å². The van der Waals surface area contributed by atoms with E-state index in [1.54, 1.807) is 0 Å². The van der Waals surface area contributed by atoms with E-state index in [1.165, 1.54) is 5.56 Å². The highest BCUT2D eigenvalue weighted by atomic mass is 16.4. The van der Waals surface area contributed by atoms with Crippen LogP contribution in [0.2, 0.25) is 0 Å². The minimum atomic E-state index is -0.213. The van der Waals surface area contributed by atoms with E-state index in [0.29, 0.717) is 12.0 Å². The maximum Gasteiger partial charge on any atom is 0.299 e. The van der Waals surface area contributed by atoms with Gasteiger partial charge in [-0.05, 0) is 87.7 Å². The van der Waals surface area contributed by atoms with E-state index in [2.05, 4.69) is 60.0 Å². The number of hydrogen-bond acceptors (Lipinski definition) is 10. The molecule has 9 rings (SSSR count). The van der Waals surface area contributed by atoms with Crippen LogP contribution in [0.25, 0.3) is 22.2 Å². The van der Waals surface area contributed by atoms with Gasteiger partial charge in [-0.3, -0.25) is 14.5 Å². The highest BCUT2D eigenvalue weighted by Crippen LogP contribution is 2.29. The number of hydrogen-bond donors (Lipinski definition) is 3. The minimum Gasteiger partial charge on any atom is -0.423 e. The molecular weight excluding hydrogens is 669 g/mol. The highest BCUT2D eigenvalue weighted by Gasteiger charge is 2.35. The van der Waals surface area contributed by atoms with E-state index in [1.807, 2.05) is 59.5 Å². The summed E-state index contributed by atoms with van der Waals surface area (Å²) in [5, 5.41) is 9.76. The standard InChI is InChI=1S/C24H28N4O2.C17H22N4O2/c29-23(25-19-13-15-27(17-19)16-18-8-2-1-3-9-18)21-11-6-7-14-28(21)24-26-20-10-4-5-12-22(20)30-24;22-16(19-12-8-9-18-11-12)14-6-3-4-10-21(14)17-20-13-5-1-2-7-15(13)23-17/h1-5,8-10,12,19,21H,6-7,11,13-17H2,(H,25,29);1-2,5,7,12,14,18H,3-4,6,8-11H2,(H,19,22)/t19-,21-;12-,14-/m00/s1. The summed E-state index contributed by atoms with van der Waals surface area (Å²) in [5.41, 5.74) is 4.53. The lowest BCUT2D eigenvalue weighted by atomic mass is 10.0. The maximum absolute atomic E-state index is 13.2. The van der Waals surface area contributed by atoms with E-state index in [4.69, 9.17) is 8.83 Å². The molecule has 0 radical (unpaired) electrons. The third-order valence-electron chi connectivity index (χ3n) is 10.9. The molecule has 4 atom stereocenters. The van der Waals surface area contributed by atoms with Crippen LogP contribution in [0.1, 0.15) is 56.9 Å². The third kappa shape index (κ3) is 8.34. The SMILES string of the molecule is O=C(N[C@H]1CCN(Cc2ccccc2)C1)[C@@H]1CCCCN1c1nc2ccccc2o1.O=C(N[C@H]1CCNC1)[C@@H]1CCCCN1c1nc2ccccc2o1. The number of likely N-dealkylation sites (tertiary alicyclic amines) is 1. The minimum absolute atomic E-state index is 0.0978. The van der Waals surface area contributed by atoms with Crippen molar-refractivity contribution in [1.82, 2.24) is 30.8 Å². The first-order valence-electron chi connectivity index (χ1n) is 19.4. The number of benzene rings is 3.